The minimum atomic E-state index is 0.143. The van der Waals surface area contributed by atoms with E-state index in [2.05, 4.69) is 16.9 Å². The summed E-state index contributed by atoms with van der Waals surface area (Å²) in [7, 11) is 0. The molecule has 0 aromatic heterocycles. The Kier molecular flexibility index (Phi) is 3.17. The fourth-order valence-electron chi connectivity index (χ4n) is 3.29. The number of rotatable bonds is 3. The zero-order valence-electron chi connectivity index (χ0n) is 9.35. The van der Waals surface area contributed by atoms with Gasteiger partial charge in [-0.25, -0.2) is 0 Å². The summed E-state index contributed by atoms with van der Waals surface area (Å²) in [5, 5.41) is 3.61. The molecule has 0 bridgehead atoms. The Morgan fingerprint density at radius 1 is 1.47 bits per heavy atom. The van der Waals surface area contributed by atoms with Crippen molar-refractivity contribution in [2.75, 3.05) is 6.54 Å². The Bertz CT molecular complexity index is 275. The lowest BCUT2D eigenvalue weighted by Crippen LogP contribution is -2.33. The summed E-state index contributed by atoms with van der Waals surface area (Å²) in [4.78, 5) is 2.80. The van der Waals surface area contributed by atoms with Crippen LogP contribution >= 0.6 is 0 Å². The molecule has 1 saturated carbocycles. The summed E-state index contributed by atoms with van der Waals surface area (Å²) in [6.07, 6.45) is 7.43. The van der Waals surface area contributed by atoms with Crippen LogP contribution in [0.1, 0.15) is 45.4 Å². The van der Waals surface area contributed by atoms with E-state index in [1.807, 2.05) is 0 Å². The summed E-state index contributed by atoms with van der Waals surface area (Å²) in [5.41, 5.74) is 8.43. The second-order valence-corrected chi connectivity index (χ2v) is 4.75. The first-order valence-corrected chi connectivity index (χ1v) is 5.99. The molecular weight excluding hydrogens is 190 g/mol. The van der Waals surface area contributed by atoms with Crippen molar-refractivity contribution in [3.63, 3.8) is 0 Å². The van der Waals surface area contributed by atoms with Gasteiger partial charge in [-0.05, 0) is 37.1 Å². The molecule has 2 aliphatic rings. The molecule has 4 heteroatoms. The fraction of sp³-hybridized carbons (Fsp3) is 1.00. The van der Waals surface area contributed by atoms with Gasteiger partial charge in [-0.15, -0.1) is 0 Å². The zero-order chi connectivity index (χ0) is 10.7. The van der Waals surface area contributed by atoms with Crippen LogP contribution in [0, 0.1) is 5.92 Å². The largest absolute Gasteiger partial charge is 0.371 e. The molecule has 1 spiro atoms. The van der Waals surface area contributed by atoms with Crippen LogP contribution in [0.3, 0.4) is 0 Å². The van der Waals surface area contributed by atoms with Crippen molar-refractivity contribution in [1.82, 2.24) is 0 Å². The Labute approximate surface area is 90.6 Å². The van der Waals surface area contributed by atoms with Crippen molar-refractivity contribution in [2.24, 2.45) is 11.0 Å². The molecule has 1 aliphatic heterocycles. The van der Waals surface area contributed by atoms with Gasteiger partial charge in [-0.3, -0.25) is 0 Å². The van der Waals surface area contributed by atoms with E-state index < -0.39 is 0 Å². The van der Waals surface area contributed by atoms with Gasteiger partial charge in [0.15, 0.2) is 0 Å². The molecule has 84 valence electrons. The molecule has 1 heterocycles. The Morgan fingerprint density at radius 3 is 3.07 bits per heavy atom. The lowest BCUT2D eigenvalue weighted by molar-refractivity contribution is -0.0631. The predicted octanol–water partition coefficient (Wildman–Crippen LogP) is 3.42. The van der Waals surface area contributed by atoms with Crippen molar-refractivity contribution < 1.29 is 4.74 Å². The quantitative estimate of drug-likeness (QED) is 0.399. The first-order valence-electron chi connectivity index (χ1n) is 5.99. The van der Waals surface area contributed by atoms with E-state index >= 15 is 0 Å². The molecule has 2 fully saturated rings. The highest BCUT2D eigenvalue weighted by molar-refractivity contribution is 4.98. The van der Waals surface area contributed by atoms with Gasteiger partial charge in [-0.2, -0.15) is 0 Å². The molecule has 3 atom stereocenters. The van der Waals surface area contributed by atoms with E-state index in [0.717, 1.165) is 18.8 Å². The topological polar surface area (TPSA) is 58.0 Å². The number of hydrogen-bond acceptors (Lipinski definition) is 2. The average Bonchev–Trinajstić information content (AvgIpc) is 2.84. The van der Waals surface area contributed by atoms with E-state index in [0.29, 0.717) is 6.54 Å². The van der Waals surface area contributed by atoms with Gasteiger partial charge in [0, 0.05) is 4.91 Å². The van der Waals surface area contributed by atoms with Gasteiger partial charge >= 0.3 is 0 Å². The second-order valence-electron chi connectivity index (χ2n) is 4.75. The normalized spacial score (nSPS) is 39.5. The fourth-order valence-corrected chi connectivity index (χ4v) is 3.29. The van der Waals surface area contributed by atoms with E-state index in [4.69, 9.17) is 10.3 Å². The zero-order valence-corrected chi connectivity index (χ0v) is 9.35. The molecule has 0 unspecified atom stereocenters. The van der Waals surface area contributed by atoms with Gasteiger partial charge in [0.1, 0.15) is 0 Å². The van der Waals surface area contributed by atoms with Crippen molar-refractivity contribution in [2.45, 2.75) is 57.2 Å². The second kappa shape index (κ2) is 4.42. The van der Waals surface area contributed by atoms with Crippen molar-refractivity contribution in [3.05, 3.63) is 10.4 Å². The molecule has 0 radical (unpaired) electrons. The first kappa shape index (κ1) is 10.8. The summed E-state index contributed by atoms with van der Waals surface area (Å²) in [6.45, 7) is 2.76. The Hall–Kier alpha value is -0.730. The number of azide groups is 1. The van der Waals surface area contributed by atoms with E-state index in [-0.39, 0.29) is 11.7 Å². The molecular formula is C11H19N3O. The molecule has 2 rings (SSSR count). The minimum absolute atomic E-state index is 0.143. The molecule has 0 aromatic carbocycles. The summed E-state index contributed by atoms with van der Waals surface area (Å²) in [5.74, 6) is 0.730. The van der Waals surface area contributed by atoms with Crippen LogP contribution in [0.15, 0.2) is 5.11 Å². The SMILES string of the molecule is CC[C@@H]1CCC[C@]12CC[C@H](CN=[N+]=[N-])O2. The van der Waals surface area contributed by atoms with Crippen LogP contribution in [-0.4, -0.2) is 18.2 Å². The predicted molar refractivity (Wildman–Crippen MR) is 58.5 cm³/mol. The van der Waals surface area contributed by atoms with Gasteiger partial charge in [-0.1, -0.05) is 24.9 Å². The van der Waals surface area contributed by atoms with Crippen LogP contribution in [0.5, 0.6) is 0 Å². The number of hydrogen-bond donors (Lipinski definition) is 0. The lowest BCUT2D eigenvalue weighted by Gasteiger charge is -2.30. The van der Waals surface area contributed by atoms with Crippen LogP contribution in [0.25, 0.3) is 10.4 Å². The molecule has 1 saturated heterocycles. The third-order valence-electron chi connectivity index (χ3n) is 4.03. The maximum absolute atomic E-state index is 8.28. The van der Waals surface area contributed by atoms with Crippen LogP contribution in [-0.2, 0) is 4.74 Å². The van der Waals surface area contributed by atoms with E-state index in [1.54, 1.807) is 0 Å². The highest BCUT2D eigenvalue weighted by atomic mass is 16.5. The number of nitrogens with zero attached hydrogens (tertiary/aromatic N) is 3. The Morgan fingerprint density at radius 2 is 2.33 bits per heavy atom. The maximum atomic E-state index is 8.28. The molecule has 1 aliphatic carbocycles. The standard InChI is InChI=1S/C11H19N3O/c1-2-9-4-3-6-11(9)7-5-10(15-11)8-13-14-12/h9-10H,2-8H2,1H3/t9-,10-,11+/m1/s1. The average molecular weight is 209 g/mol. The van der Waals surface area contributed by atoms with Crippen LogP contribution in [0.4, 0.5) is 0 Å². The third-order valence-corrected chi connectivity index (χ3v) is 4.03. The minimum Gasteiger partial charge on any atom is -0.371 e. The van der Waals surface area contributed by atoms with Crippen molar-refractivity contribution in [1.29, 1.82) is 0 Å². The van der Waals surface area contributed by atoms with Crippen LogP contribution < -0.4 is 0 Å². The Balaban J connectivity index is 1.97. The summed E-state index contributed by atoms with van der Waals surface area (Å²) < 4.78 is 6.15. The van der Waals surface area contributed by atoms with Crippen LogP contribution in [0.2, 0.25) is 0 Å². The third kappa shape index (κ3) is 1.97. The highest BCUT2D eigenvalue weighted by Gasteiger charge is 2.47. The molecule has 0 N–H and O–H groups in total. The first-order chi connectivity index (χ1) is 7.30. The molecule has 4 nitrogen and oxygen atoms in total. The van der Waals surface area contributed by atoms with Gasteiger partial charge in [0.2, 0.25) is 0 Å². The summed E-state index contributed by atoms with van der Waals surface area (Å²) in [6, 6.07) is 0. The van der Waals surface area contributed by atoms with Gasteiger partial charge in [0.25, 0.3) is 0 Å². The molecule has 15 heavy (non-hydrogen) atoms. The smallest absolute Gasteiger partial charge is 0.0715 e. The maximum Gasteiger partial charge on any atom is 0.0715 e. The van der Waals surface area contributed by atoms with Crippen molar-refractivity contribution in [3.8, 4) is 0 Å². The van der Waals surface area contributed by atoms with E-state index in [1.165, 1.54) is 25.7 Å². The van der Waals surface area contributed by atoms with Gasteiger partial charge < -0.3 is 4.74 Å². The summed E-state index contributed by atoms with van der Waals surface area (Å²) >= 11 is 0. The van der Waals surface area contributed by atoms with E-state index in [9.17, 15) is 0 Å². The number of ether oxygens (including phenoxy) is 1. The monoisotopic (exact) mass is 209 g/mol. The highest BCUT2D eigenvalue weighted by Crippen LogP contribution is 2.48. The molecule has 0 aromatic rings. The van der Waals surface area contributed by atoms with Crippen molar-refractivity contribution >= 4 is 0 Å². The lowest BCUT2D eigenvalue weighted by atomic mass is 9.86. The van der Waals surface area contributed by atoms with Gasteiger partial charge in [0.05, 0.1) is 18.2 Å². The molecule has 0 amide bonds.